The Morgan fingerprint density at radius 1 is 1.40 bits per heavy atom. The van der Waals surface area contributed by atoms with Crippen molar-refractivity contribution in [1.82, 2.24) is 5.32 Å². The first-order valence-corrected chi connectivity index (χ1v) is 7.10. The van der Waals surface area contributed by atoms with Crippen LogP contribution in [-0.2, 0) is 9.53 Å². The summed E-state index contributed by atoms with van der Waals surface area (Å²) in [6.07, 6.45) is 1.10. The molecule has 0 aromatic heterocycles. The van der Waals surface area contributed by atoms with Crippen LogP contribution >= 0.6 is 0 Å². The predicted octanol–water partition coefficient (Wildman–Crippen LogP) is 3.11. The van der Waals surface area contributed by atoms with E-state index in [0.717, 1.165) is 24.2 Å². The fourth-order valence-electron chi connectivity index (χ4n) is 1.74. The van der Waals surface area contributed by atoms with Gasteiger partial charge in [0.2, 0.25) is 0 Å². The van der Waals surface area contributed by atoms with Gasteiger partial charge in [-0.15, -0.1) is 0 Å². The first-order valence-electron chi connectivity index (χ1n) is 7.10. The summed E-state index contributed by atoms with van der Waals surface area (Å²) in [5.41, 5.74) is 1.12. The van der Waals surface area contributed by atoms with Crippen LogP contribution in [0.25, 0.3) is 0 Å². The molecule has 4 nitrogen and oxygen atoms in total. The molecule has 0 saturated carbocycles. The average Bonchev–Trinajstić information content (AvgIpc) is 2.44. The Hall–Kier alpha value is -1.39. The predicted molar refractivity (Wildman–Crippen MR) is 82.9 cm³/mol. The molecule has 1 unspecified atom stereocenters. The summed E-state index contributed by atoms with van der Waals surface area (Å²) in [6.45, 7) is 8.74. The SMILES string of the molecule is CCCNC(C)c1cccc(NC(=O)C(C)(C)OC)c1. The second-order valence-electron chi connectivity index (χ2n) is 5.47. The number of carbonyl (C=O) groups is 1. The number of benzene rings is 1. The van der Waals surface area contributed by atoms with Gasteiger partial charge in [-0.05, 0) is 51.4 Å². The minimum atomic E-state index is -0.831. The molecule has 1 aromatic carbocycles. The molecule has 20 heavy (non-hydrogen) atoms. The highest BCUT2D eigenvalue weighted by atomic mass is 16.5. The maximum absolute atomic E-state index is 12.1. The minimum Gasteiger partial charge on any atom is -0.369 e. The van der Waals surface area contributed by atoms with Gasteiger partial charge in [0.1, 0.15) is 5.60 Å². The zero-order valence-electron chi connectivity index (χ0n) is 13.1. The van der Waals surface area contributed by atoms with E-state index in [9.17, 15) is 4.79 Å². The summed E-state index contributed by atoms with van der Waals surface area (Å²) in [5.74, 6) is -0.147. The van der Waals surface area contributed by atoms with Crippen LogP contribution in [0.3, 0.4) is 0 Å². The molecule has 0 heterocycles. The third-order valence-corrected chi connectivity index (χ3v) is 3.40. The van der Waals surface area contributed by atoms with E-state index in [2.05, 4.69) is 30.5 Å². The van der Waals surface area contributed by atoms with Gasteiger partial charge in [0.15, 0.2) is 0 Å². The molecule has 112 valence electrons. The lowest BCUT2D eigenvalue weighted by Crippen LogP contribution is -2.38. The first-order chi connectivity index (χ1) is 9.40. The molecule has 1 atom stereocenters. The van der Waals surface area contributed by atoms with Crippen molar-refractivity contribution >= 4 is 11.6 Å². The number of anilines is 1. The fraction of sp³-hybridized carbons (Fsp3) is 0.562. The summed E-state index contributed by atoms with van der Waals surface area (Å²) in [7, 11) is 1.53. The van der Waals surface area contributed by atoms with Crippen molar-refractivity contribution in [3.63, 3.8) is 0 Å². The molecular weight excluding hydrogens is 252 g/mol. The van der Waals surface area contributed by atoms with Gasteiger partial charge in [0.05, 0.1) is 0 Å². The highest BCUT2D eigenvalue weighted by Crippen LogP contribution is 2.19. The van der Waals surface area contributed by atoms with Crippen molar-refractivity contribution in [1.29, 1.82) is 0 Å². The van der Waals surface area contributed by atoms with E-state index in [1.54, 1.807) is 13.8 Å². The number of hydrogen-bond donors (Lipinski definition) is 2. The van der Waals surface area contributed by atoms with Gasteiger partial charge >= 0.3 is 0 Å². The monoisotopic (exact) mass is 278 g/mol. The smallest absolute Gasteiger partial charge is 0.256 e. The van der Waals surface area contributed by atoms with E-state index in [1.807, 2.05) is 18.2 Å². The van der Waals surface area contributed by atoms with Crippen LogP contribution in [0.4, 0.5) is 5.69 Å². The molecule has 0 aliphatic rings. The topological polar surface area (TPSA) is 50.4 Å². The molecule has 0 fully saturated rings. The van der Waals surface area contributed by atoms with E-state index < -0.39 is 5.60 Å². The average molecular weight is 278 g/mol. The number of ether oxygens (including phenoxy) is 1. The van der Waals surface area contributed by atoms with E-state index in [-0.39, 0.29) is 11.9 Å². The molecule has 0 radical (unpaired) electrons. The molecule has 0 spiro atoms. The lowest BCUT2D eigenvalue weighted by Gasteiger charge is -2.22. The Balaban J connectivity index is 2.76. The van der Waals surface area contributed by atoms with Gasteiger partial charge < -0.3 is 15.4 Å². The van der Waals surface area contributed by atoms with Crippen LogP contribution in [0.15, 0.2) is 24.3 Å². The first kappa shape index (κ1) is 16.7. The number of carbonyl (C=O) groups excluding carboxylic acids is 1. The van der Waals surface area contributed by atoms with E-state index >= 15 is 0 Å². The standard InChI is InChI=1S/C16H26N2O2/c1-6-10-17-12(2)13-8-7-9-14(11-13)18-15(19)16(3,4)20-5/h7-9,11-12,17H,6,10H2,1-5H3,(H,18,19). The summed E-state index contributed by atoms with van der Waals surface area (Å²) in [6, 6.07) is 8.16. The largest absolute Gasteiger partial charge is 0.369 e. The Morgan fingerprint density at radius 3 is 2.70 bits per heavy atom. The van der Waals surface area contributed by atoms with Crippen molar-refractivity contribution in [2.45, 2.75) is 45.8 Å². The van der Waals surface area contributed by atoms with Gasteiger partial charge in [-0.25, -0.2) is 0 Å². The summed E-state index contributed by atoms with van der Waals surface area (Å²) < 4.78 is 5.18. The number of nitrogens with one attached hydrogen (secondary N) is 2. The molecule has 1 amide bonds. The quantitative estimate of drug-likeness (QED) is 0.805. The van der Waals surface area contributed by atoms with Crippen molar-refractivity contribution in [3.8, 4) is 0 Å². The van der Waals surface area contributed by atoms with Gasteiger partial charge in [0, 0.05) is 18.8 Å². The second-order valence-corrected chi connectivity index (χ2v) is 5.47. The maximum atomic E-state index is 12.1. The van der Waals surface area contributed by atoms with Crippen LogP contribution < -0.4 is 10.6 Å². The van der Waals surface area contributed by atoms with Crippen LogP contribution in [-0.4, -0.2) is 25.2 Å². The van der Waals surface area contributed by atoms with Crippen LogP contribution in [0.2, 0.25) is 0 Å². The molecule has 0 aliphatic heterocycles. The highest BCUT2D eigenvalue weighted by molar-refractivity contribution is 5.96. The number of amides is 1. The summed E-state index contributed by atoms with van der Waals surface area (Å²) in [5, 5.41) is 6.33. The van der Waals surface area contributed by atoms with Crippen LogP contribution in [0.1, 0.15) is 45.7 Å². The number of hydrogen-bond acceptors (Lipinski definition) is 3. The number of rotatable bonds is 7. The van der Waals surface area contributed by atoms with Crippen molar-refractivity contribution in [3.05, 3.63) is 29.8 Å². The lowest BCUT2D eigenvalue weighted by molar-refractivity contribution is -0.133. The molecule has 1 rings (SSSR count). The molecule has 0 bridgehead atoms. The van der Waals surface area contributed by atoms with Gasteiger partial charge in [-0.1, -0.05) is 19.1 Å². The van der Waals surface area contributed by atoms with Gasteiger partial charge in [0.25, 0.3) is 5.91 Å². The summed E-state index contributed by atoms with van der Waals surface area (Å²) in [4.78, 5) is 12.1. The van der Waals surface area contributed by atoms with E-state index in [0.29, 0.717) is 0 Å². The van der Waals surface area contributed by atoms with Crippen LogP contribution in [0.5, 0.6) is 0 Å². The van der Waals surface area contributed by atoms with Gasteiger partial charge in [-0.3, -0.25) is 4.79 Å². The zero-order valence-corrected chi connectivity index (χ0v) is 13.1. The molecule has 0 aliphatic carbocycles. The normalized spacial score (nSPS) is 13.1. The second kappa shape index (κ2) is 7.41. The third-order valence-electron chi connectivity index (χ3n) is 3.40. The van der Waals surface area contributed by atoms with Crippen molar-refractivity contribution in [2.24, 2.45) is 0 Å². The Kier molecular flexibility index (Phi) is 6.17. The minimum absolute atomic E-state index is 0.147. The highest BCUT2D eigenvalue weighted by Gasteiger charge is 2.26. The molecule has 0 saturated heterocycles. The van der Waals surface area contributed by atoms with Crippen molar-refractivity contribution in [2.75, 3.05) is 19.0 Å². The fourth-order valence-corrected chi connectivity index (χ4v) is 1.74. The zero-order chi connectivity index (χ0) is 15.2. The number of methoxy groups -OCH3 is 1. The maximum Gasteiger partial charge on any atom is 0.256 e. The Labute approximate surface area is 121 Å². The Morgan fingerprint density at radius 2 is 2.10 bits per heavy atom. The molecule has 4 heteroatoms. The molecule has 1 aromatic rings. The third kappa shape index (κ3) is 4.62. The van der Waals surface area contributed by atoms with Crippen molar-refractivity contribution < 1.29 is 9.53 Å². The van der Waals surface area contributed by atoms with E-state index in [1.165, 1.54) is 7.11 Å². The van der Waals surface area contributed by atoms with Gasteiger partial charge in [-0.2, -0.15) is 0 Å². The summed E-state index contributed by atoms with van der Waals surface area (Å²) >= 11 is 0. The molecule has 2 N–H and O–H groups in total. The van der Waals surface area contributed by atoms with E-state index in [4.69, 9.17) is 4.74 Å². The Bertz CT molecular complexity index is 444. The molecular formula is C16H26N2O2. The van der Waals surface area contributed by atoms with Crippen LogP contribution in [0, 0.1) is 0 Å². The lowest BCUT2D eigenvalue weighted by atomic mass is 10.1.